The number of nitrogens with one attached hydrogen (secondary N) is 1. The number of hydrogen-bond donors (Lipinski definition) is 1. The van der Waals surface area contributed by atoms with Crippen LogP contribution < -0.4 is 5.32 Å². The Morgan fingerprint density at radius 3 is 2.65 bits per heavy atom. The Kier molecular flexibility index (Phi) is 4.21. The molecule has 0 spiro atoms. The molecule has 5 nitrogen and oxygen atoms in total. The van der Waals surface area contributed by atoms with Gasteiger partial charge < -0.3 is 10.1 Å². The van der Waals surface area contributed by atoms with Gasteiger partial charge in [-0.2, -0.15) is 0 Å². The van der Waals surface area contributed by atoms with Gasteiger partial charge in [0.25, 0.3) is 0 Å². The lowest BCUT2D eigenvalue weighted by Gasteiger charge is -2.26. The van der Waals surface area contributed by atoms with Gasteiger partial charge in [0.1, 0.15) is 0 Å². The fraction of sp³-hybridized carbons (Fsp3) is 0.867. The van der Waals surface area contributed by atoms with Crippen molar-refractivity contribution in [3.63, 3.8) is 0 Å². The van der Waals surface area contributed by atoms with Gasteiger partial charge >= 0.3 is 0 Å². The highest BCUT2D eigenvalue weighted by atomic mass is 16.5. The Bertz CT molecular complexity index is 450. The molecule has 2 heterocycles. The summed E-state index contributed by atoms with van der Waals surface area (Å²) in [6.07, 6.45) is 3.01. The lowest BCUT2D eigenvalue weighted by molar-refractivity contribution is -0.0738. The molecule has 20 heavy (non-hydrogen) atoms. The highest BCUT2D eigenvalue weighted by Gasteiger charge is 2.47. The van der Waals surface area contributed by atoms with Crippen LogP contribution in [0.15, 0.2) is 6.20 Å². The van der Waals surface area contributed by atoms with Crippen molar-refractivity contribution in [1.29, 1.82) is 0 Å². The maximum atomic E-state index is 6.12. The largest absolute Gasteiger partial charge is 0.367 e. The smallest absolute Gasteiger partial charge is 0.0964 e. The third-order valence-corrected chi connectivity index (χ3v) is 3.76. The van der Waals surface area contributed by atoms with Gasteiger partial charge in [0.2, 0.25) is 0 Å². The summed E-state index contributed by atoms with van der Waals surface area (Å²) in [6, 6.07) is 0.240. The Morgan fingerprint density at radius 2 is 2.10 bits per heavy atom. The number of nitrogens with zero attached hydrogens (tertiary/aromatic N) is 3. The van der Waals surface area contributed by atoms with Crippen molar-refractivity contribution in [3.05, 3.63) is 11.9 Å². The first-order valence-corrected chi connectivity index (χ1v) is 7.51. The minimum absolute atomic E-state index is 0.101. The summed E-state index contributed by atoms with van der Waals surface area (Å²) in [6.45, 7) is 14.7. The zero-order valence-corrected chi connectivity index (χ0v) is 13.6. The van der Waals surface area contributed by atoms with Crippen LogP contribution in [0.3, 0.4) is 0 Å². The third-order valence-electron chi connectivity index (χ3n) is 3.76. The molecule has 1 aromatic heterocycles. The maximum Gasteiger partial charge on any atom is 0.0964 e. The van der Waals surface area contributed by atoms with Crippen LogP contribution in [0, 0.1) is 5.92 Å². The quantitative estimate of drug-likeness (QED) is 0.900. The van der Waals surface area contributed by atoms with E-state index in [1.54, 1.807) is 0 Å². The van der Waals surface area contributed by atoms with Gasteiger partial charge in [-0.3, -0.25) is 0 Å². The highest BCUT2D eigenvalue weighted by molar-refractivity contribution is 5.01. The fourth-order valence-electron chi connectivity index (χ4n) is 2.98. The summed E-state index contributed by atoms with van der Waals surface area (Å²) in [5.41, 5.74) is 0.682. The van der Waals surface area contributed by atoms with E-state index in [2.05, 4.69) is 57.2 Å². The van der Waals surface area contributed by atoms with Crippen LogP contribution in [0.1, 0.15) is 59.7 Å². The molecular weight excluding hydrogens is 252 g/mol. The molecule has 0 radical (unpaired) electrons. The van der Waals surface area contributed by atoms with Crippen LogP contribution in [0.4, 0.5) is 0 Å². The molecule has 1 aliphatic heterocycles. The maximum absolute atomic E-state index is 6.12. The first-order valence-electron chi connectivity index (χ1n) is 7.51. The van der Waals surface area contributed by atoms with Crippen molar-refractivity contribution < 1.29 is 4.74 Å². The lowest BCUT2D eigenvalue weighted by Crippen LogP contribution is -2.31. The average molecular weight is 280 g/mol. The lowest BCUT2D eigenvalue weighted by atomic mass is 9.95. The van der Waals surface area contributed by atoms with Gasteiger partial charge in [-0.25, -0.2) is 4.68 Å². The van der Waals surface area contributed by atoms with E-state index in [-0.39, 0.29) is 17.2 Å². The van der Waals surface area contributed by atoms with E-state index in [1.807, 2.05) is 10.9 Å². The SMILES string of the molecule is CC(C)CNCc1cn(C2CC(C)(C)OC2(C)C)nn1. The normalized spacial score (nSPS) is 24.4. The van der Waals surface area contributed by atoms with Crippen LogP contribution in [0.2, 0.25) is 0 Å². The second-order valence-electron chi connectivity index (χ2n) is 7.40. The van der Waals surface area contributed by atoms with Crippen LogP contribution in [-0.4, -0.2) is 32.7 Å². The molecule has 1 atom stereocenters. The summed E-state index contributed by atoms with van der Waals surface area (Å²) in [4.78, 5) is 0. The molecule has 1 saturated heterocycles. The Hall–Kier alpha value is -0.940. The number of ether oxygens (including phenoxy) is 1. The van der Waals surface area contributed by atoms with Crippen molar-refractivity contribution in [2.24, 2.45) is 5.92 Å². The first-order chi connectivity index (χ1) is 9.20. The minimum atomic E-state index is -0.209. The van der Waals surface area contributed by atoms with Crippen molar-refractivity contribution in [2.75, 3.05) is 6.54 Å². The average Bonchev–Trinajstić information content (AvgIpc) is 2.79. The summed E-state index contributed by atoms with van der Waals surface area (Å²) >= 11 is 0. The summed E-state index contributed by atoms with van der Waals surface area (Å²) in [5.74, 6) is 0.646. The monoisotopic (exact) mass is 280 g/mol. The molecule has 1 N–H and O–H groups in total. The number of aromatic nitrogens is 3. The topological polar surface area (TPSA) is 52.0 Å². The zero-order valence-electron chi connectivity index (χ0n) is 13.6. The molecule has 5 heteroatoms. The first kappa shape index (κ1) is 15.4. The molecule has 1 unspecified atom stereocenters. The Labute approximate surface area is 122 Å². The standard InChI is InChI=1S/C15H28N4O/c1-11(2)8-16-9-12-10-19(18-17-12)13-7-14(3,4)20-15(13,5)6/h10-11,13,16H,7-9H2,1-6H3. The summed E-state index contributed by atoms with van der Waals surface area (Å²) < 4.78 is 8.09. The third kappa shape index (κ3) is 3.58. The Morgan fingerprint density at radius 1 is 1.40 bits per heavy atom. The second-order valence-corrected chi connectivity index (χ2v) is 7.40. The van der Waals surface area contributed by atoms with E-state index in [4.69, 9.17) is 4.74 Å². The van der Waals surface area contributed by atoms with E-state index < -0.39 is 0 Å². The molecule has 0 aromatic carbocycles. The summed E-state index contributed by atoms with van der Waals surface area (Å²) in [7, 11) is 0. The van der Waals surface area contributed by atoms with Gasteiger partial charge in [0, 0.05) is 13.0 Å². The molecule has 0 aliphatic carbocycles. The van der Waals surface area contributed by atoms with Gasteiger partial charge in [0.05, 0.1) is 29.1 Å². The van der Waals surface area contributed by atoms with Crippen LogP contribution >= 0.6 is 0 Å². The van der Waals surface area contributed by atoms with E-state index in [1.165, 1.54) is 0 Å². The second kappa shape index (κ2) is 5.45. The molecule has 0 bridgehead atoms. The van der Waals surface area contributed by atoms with Gasteiger partial charge in [-0.05, 0) is 40.2 Å². The molecule has 1 fully saturated rings. The molecule has 0 saturated carbocycles. The van der Waals surface area contributed by atoms with Crippen molar-refractivity contribution >= 4 is 0 Å². The molecule has 1 aromatic rings. The highest BCUT2D eigenvalue weighted by Crippen LogP contribution is 2.44. The van der Waals surface area contributed by atoms with Crippen molar-refractivity contribution in [2.45, 2.75) is 71.8 Å². The van der Waals surface area contributed by atoms with Crippen LogP contribution in [-0.2, 0) is 11.3 Å². The molecular formula is C15H28N4O. The van der Waals surface area contributed by atoms with E-state index in [0.717, 1.165) is 25.2 Å². The molecule has 1 aliphatic rings. The predicted octanol–water partition coefficient (Wildman–Crippen LogP) is 2.54. The minimum Gasteiger partial charge on any atom is -0.367 e. The molecule has 2 rings (SSSR count). The zero-order chi connectivity index (χ0) is 15.0. The van der Waals surface area contributed by atoms with Crippen molar-refractivity contribution in [3.8, 4) is 0 Å². The number of rotatable bonds is 5. The van der Waals surface area contributed by atoms with E-state index in [0.29, 0.717) is 5.92 Å². The van der Waals surface area contributed by atoms with Crippen LogP contribution in [0.25, 0.3) is 0 Å². The number of hydrogen-bond acceptors (Lipinski definition) is 4. The summed E-state index contributed by atoms with van der Waals surface area (Å²) in [5, 5.41) is 12.0. The van der Waals surface area contributed by atoms with E-state index >= 15 is 0 Å². The molecule has 114 valence electrons. The van der Waals surface area contributed by atoms with E-state index in [9.17, 15) is 0 Å². The van der Waals surface area contributed by atoms with Crippen molar-refractivity contribution in [1.82, 2.24) is 20.3 Å². The van der Waals surface area contributed by atoms with Gasteiger partial charge in [-0.1, -0.05) is 19.1 Å². The fourth-order valence-corrected chi connectivity index (χ4v) is 2.98. The Balaban J connectivity index is 2.02. The van der Waals surface area contributed by atoms with Crippen LogP contribution in [0.5, 0.6) is 0 Å². The van der Waals surface area contributed by atoms with Gasteiger partial charge in [0.15, 0.2) is 0 Å². The van der Waals surface area contributed by atoms with Gasteiger partial charge in [-0.15, -0.1) is 5.10 Å². The molecule has 0 amide bonds. The predicted molar refractivity (Wildman–Crippen MR) is 79.5 cm³/mol.